The highest BCUT2D eigenvalue weighted by molar-refractivity contribution is 5.72. The van der Waals surface area contributed by atoms with Gasteiger partial charge < -0.3 is 15.6 Å². The zero-order chi connectivity index (χ0) is 11.8. The quantitative estimate of drug-likeness (QED) is 0.689. The van der Waals surface area contributed by atoms with Crippen LogP contribution < -0.4 is 10.5 Å². The van der Waals surface area contributed by atoms with E-state index in [1.165, 1.54) is 0 Å². The van der Waals surface area contributed by atoms with E-state index in [2.05, 4.69) is 0 Å². The molecule has 16 heavy (non-hydrogen) atoms. The standard InChI is InChI=1S/C12H17NO3/c13-11(12(14)15)8-4-5-9-16-10-6-2-1-3-7-10/h1-3,6-7,11H,4-5,8-9,13H2,(H,14,15). The molecule has 4 heteroatoms. The largest absolute Gasteiger partial charge is 0.494 e. The van der Waals surface area contributed by atoms with Crippen molar-refractivity contribution in [3.05, 3.63) is 30.3 Å². The average Bonchev–Trinajstić information content (AvgIpc) is 2.29. The number of nitrogens with two attached hydrogens (primary N) is 1. The lowest BCUT2D eigenvalue weighted by atomic mass is 10.1. The van der Waals surface area contributed by atoms with Crippen LogP contribution in [0, 0.1) is 0 Å². The Kier molecular flexibility index (Phi) is 5.36. The molecule has 1 aromatic rings. The van der Waals surface area contributed by atoms with Gasteiger partial charge in [0.2, 0.25) is 0 Å². The molecule has 0 radical (unpaired) electrons. The third-order valence-corrected chi connectivity index (χ3v) is 2.24. The van der Waals surface area contributed by atoms with Gasteiger partial charge in [0.1, 0.15) is 11.8 Å². The van der Waals surface area contributed by atoms with Crippen LogP contribution in [0.2, 0.25) is 0 Å². The third-order valence-electron chi connectivity index (χ3n) is 2.24. The minimum absolute atomic E-state index is 0.494. The van der Waals surface area contributed by atoms with Crippen LogP contribution in [0.4, 0.5) is 0 Å². The van der Waals surface area contributed by atoms with Crippen LogP contribution >= 0.6 is 0 Å². The lowest BCUT2D eigenvalue weighted by Gasteiger charge is -2.07. The molecule has 3 N–H and O–H groups in total. The molecule has 1 unspecified atom stereocenters. The Bertz CT molecular complexity index is 313. The predicted octanol–water partition coefficient (Wildman–Crippen LogP) is 1.65. The van der Waals surface area contributed by atoms with Crippen LogP contribution in [0.3, 0.4) is 0 Å². The van der Waals surface area contributed by atoms with Gasteiger partial charge in [-0.15, -0.1) is 0 Å². The molecule has 0 spiro atoms. The van der Waals surface area contributed by atoms with E-state index in [0.29, 0.717) is 13.0 Å². The molecule has 0 aromatic heterocycles. The smallest absolute Gasteiger partial charge is 0.320 e. The molecule has 0 saturated heterocycles. The monoisotopic (exact) mass is 223 g/mol. The van der Waals surface area contributed by atoms with Gasteiger partial charge in [-0.3, -0.25) is 4.79 Å². The van der Waals surface area contributed by atoms with Crippen LogP contribution in [0.5, 0.6) is 5.75 Å². The van der Waals surface area contributed by atoms with E-state index in [4.69, 9.17) is 15.6 Å². The van der Waals surface area contributed by atoms with E-state index >= 15 is 0 Å². The Labute approximate surface area is 95.0 Å². The maximum absolute atomic E-state index is 10.4. The molecule has 0 amide bonds. The first kappa shape index (κ1) is 12.5. The Hall–Kier alpha value is -1.55. The lowest BCUT2D eigenvalue weighted by molar-refractivity contribution is -0.138. The summed E-state index contributed by atoms with van der Waals surface area (Å²) in [7, 11) is 0. The number of carboxylic acids is 1. The second-order valence-electron chi connectivity index (χ2n) is 3.60. The van der Waals surface area contributed by atoms with Crippen molar-refractivity contribution in [2.75, 3.05) is 6.61 Å². The van der Waals surface area contributed by atoms with E-state index in [1.54, 1.807) is 0 Å². The third kappa shape index (κ3) is 4.79. The highest BCUT2D eigenvalue weighted by Gasteiger charge is 2.09. The highest BCUT2D eigenvalue weighted by atomic mass is 16.5. The zero-order valence-electron chi connectivity index (χ0n) is 9.13. The van der Waals surface area contributed by atoms with Crippen LogP contribution in [-0.4, -0.2) is 23.7 Å². The number of carboxylic acid groups (broad SMARTS) is 1. The first-order valence-corrected chi connectivity index (χ1v) is 5.36. The molecule has 1 aromatic carbocycles. The van der Waals surface area contributed by atoms with Gasteiger partial charge in [-0.25, -0.2) is 0 Å². The fourth-order valence-corrected chi connectivity index (χ4v) is 1.30. The summed E-state index contributed by atoms with van der Waals surface area (Å²) >= 11 is 0. The molecule has 0 aliphatic rings. The summed E-state index contributed by atoms with van der Waals surface area (Å²) in [6.45, 7) is 0.594. The molecule has 0 bridgehead atoms. The van der Waals surface area contributed by atoms with Crippen molar-refractivity contribution in [3.8, 4) is 5.75 Å². The molecule has 0 saturated carbocycles. The van der Waals surface area contributed by atoms with Crippen molar-refractivity contribution in [1.29, 1.82) is 0 Å². The van der Waals surface area contributed by atoms with Crippen molar-refractivity contribution in [3.63, 3.8) is 0 Å². The van der Waals surface area contributed by atoms with E-state index in [-0.39, 0.29) is 0 Å². The van der Waals surface area contributed by atoms with Crippen LogP contribution in [-0.2, 0) is 4.79 Å². The molecule has 1 atom stereocenters. The van der Waals surface area contributed by atoms with Gasteiger partial charge in [0, 0.05) is 0 Å². The number of hydrogen-bond donors (Lipinski definition) is 2. The molecule has 88 valence electrons. The van der Waals surface area contributed by atoms with Gasteiger partial charge in [0.25, 0.3) is 0 Å². The number of unbranched alkanes of at least 4 members (excludes halogenated alkanes) is 1. The zero-order valence-corrected chi connectivity index (χ0v) is 9.13. The van der Waals surface area contributed by atoms with Crippen molar-refractivity contribution >= 4 is 5.97 Å². The van der Waals surface area contributed by atoms with Crippen molar-refractivity contribution in [2.24, 2.45) is 5.73 Å². The number of carbonyl (C=O) groups is 1. The number of hydrogen-bond acceptors (Lipinski definition) is 3. The molecule has 0 fully saturated rings. The lowest BCUT2D eigenvalue weighted by Crippen LogP contribution is -2.29. The van der Waals surface area contributed by atoms with Crippen molar-refractivity contribution in [2.45, 2.75) is 25.3 Å². The second-order valence-corrected chi connectivity index (χ2v) is 3.60. The van der Waals surface area contributed by atoms with Crippen molar-refractivity contribution in [1.82, 2.24) is 0 Å². The Balaban J connectivity index is 2.07. The van der Waals surface area contributed by atoms with Gasteiger partial charge in [0.05, 0.1) is 6.61 Å². The summed E-state index contributed by atoms with van der Waals surface area (Å²) in [5, 5.41) is 8.56. The Morgan fingerprint density at radius 3 is 2.62 bits per heavy atom. The molecule has 1 rings (SSSR count). The van der Waals surface area contributed by atoms with Crippen LogP contribution in [0.1, 0.15) is 19.3 Å². The number of rotatable bonds is 7. The number of aliphatic carboxylic acids is 1. The summed E-state index contributed by atoms with van der Waals surface area (Å²) in [5.41, 5.74) is 5.37. The number of para-hydroxylation sites is 1. The summed E-state index contributed by atoms with van der Waals surface area (Å²) in [5.74, 6) is -0.103. The van der Waals surface area contributed by atoms with Crippen LogP contribution in [0.15, 0.2) is 30.3 Å². The van der Waals surface area contributed by atoms with Crippen molar-refractivity contribution < 1.29 is 14.6 Å². The summed E-state index contributed by atoms with van der Waals surface area (Å²) < 4.78 is 5.46. The summed E-state index contributed by atoms with van der Waals surface area (Å²) in [6.07, 6.45) is 2.07. The minimum Gasteiger partial charge on any atom is -0.494 e. The van der Waals surface area contributed by atoms with E-state index in [9.17, 15) is 4.79 Å². The van der Waals surface area contributed by atoms with Gasteiger partial charge in [0.15, 0.2) is 0 Å². The molecule has 4 nitrogen and oxygen atoms in total. The average molecular weight is 223 g/mol. The van der Waals surface area contributed by atoms with Crippen LogP contribution in [0.25, 0.3) is 0 Å². The van der Waals surface area contributed by atoms with E-state index in [1.807, 2.05) is 30.3 Å². The molecule has 0 heterocycles. The number of ether oxygens (including phenoxy) is 1. The van der Waals surface area contributed by atoms with Gasteiger partial charge in [-0.1, -0.05) is 18.2 Å². The molecule has 0 aliphatic heterocycles. The second kappa shape index (κ2) is 6.85. The molecule has 0 aliphatic carbocycles. The molecular formula is C12H17NO3. The minimum atomic E-state index is -0.941. The van der Waals surface area contributed by atoms with Gasteiger partial charge in [-0.2, -0.15) is 0 Å². The van der Waals surface area contributed by atoms with E-state index < -0.39 is 12.0 Å². The maximum Gasteiger partial charge on any atom is 0.320 e. The highest BCUT2D eigenvalue weighted by Crippen LogP contribution is 2.09. The fraction of sp³-hybridized carbons (Fsp3) is 0.417. The fourth-order valence-electron chi connectivity index (χ4n) is 1.30. The molecular weight excluding hydrogens is 206 g/mol. The summed E-state index contributed by atoms with van der Waals surface area (Å²) in [6, 6.07) is 8.78. The SMILES string of the molecule is NC(CCCCOc1ccccc1)C(=O)O. The predicted molar refractivity (Wildman–Crippen MR) is 61.4 cm³/mol. The Morgan fingerprint density at radius 1 is 1.31 bits per heavy atom. The van der Waals surface area contributed by atoms with Gasteiger partial charge in [-0.05, 0) is 31.4 Å². The first-order chi connectivity index (χ1) is 7.70. The summed E-state index contributed by atoms with van der Waals surface area (Å²) in [4.78, 5) is 10.4. The van der Waals surface area contributed by atoms with E-state index in [0.717, 1.165) is 18.6 Å². The number of benzene rings is 1. The first-order valence-electron chi connectivity index (χ1n) is 5.36. The normalized spacial score (nSPS) is 12.1. The maximum atomic E-state index is 10.4. The topological polar surface area (TPSA) is 72.5 Å². The Morgan fingerprint density at radius 2 is 2.00 bits per heavy atom. The van der Waals surface area contributed by atoms with Gasteiger partial charge >= 0.3 is 5.97 Å².